The van der Waals surface area contributed by atoms with Crippen LogP contribution in [0.4, 0.5) is 17.1 Å². The van der Waals surface area contributed by atoms with Crippen molar-refractivity contribution in [1.82, 2.24) is 9.97 Å². The average Bonchev–Trinajstić information content (AvgIpc) is 3.76. The number of aromatic nitrogens is 2. The molecule has 0 radical (unpaired) electrons. The van der Waals surface area contributed by atoms with Crippen molar-refractivity contribution >= 4 is 82.2 Å². The fourth-order valence-corrected chi connectivity index (χ4v) is 8.77. The van der Waals surface area contributed by atoms with Crippen molar-refractivity contribution in [2.24, 2.45) is 0 Å². The fourth-order valence-electron chi connectivity index (χ4n) is 8.77. The topological polar surface area (TPSA) is 42.2 Å². The lowest BCUT2D eigenvalue weighted by Crippen LogP contribution is -2.10. The molecule has 4 nitrogen and oxygen atoms in total. The summed E-state index contributed by atoms with van der Waals surface area (Å²) in [6, 6.07) is 75.5. The number of rotatable bonds is 6. The first-order chi connectivity index (χ1) is 29.7. The Morgan fingerprint density at radius 3 is 1.67 bits per heavy atom. The SMILES string of the molecule is c1ccc2cc(-c3ccc4c(ccc5cc(N(c6ccc(-c7ccc8c(ccc9ccccc98)n7)cc6)c6ccc(-c7nc8ccccc8o7)cc6)ccc54)c3)ccc2c1. The van der Waals surface area contributed by atoms with Crippen LogP contribution in [-0.4, -0.2) is 9.97 Å². The summed E-state index contributed by atoms with van der Waals surface area (Å²) in [4.78, 5) is 12.2. The second-order valence-corrected chi connectivity index (χ2v) is 15.4. The lowest BCUT2D eigenvalue weighted by atomic mass is 9.96. The van der Waals surface area contributed by atoms with Gasteiger partial charge < -0.3 is 9.32 Å². The molecule has 0 bridgehead atoms. The van der Waals surface area contributed by atoms with Gasteiger partial charge >= 0.3 is 0 Å². The predicted octanol–water partition coefficient (Wildman–Crippen LogP) is 15.5. The summed E-state index contributed by atoms with van der Waals surface area (Å²) in [6.45, 7) is 0. The van der Waals surface area contributed by atoms with Crippen LogP contribution in [0, 0.1) is 0 Å². The summed E-state index contributed by atoms with van der Waals surface area (Å²) in [7, 11) is 0. The summed E-state index contributed by atoms with van der Waals surface area (Å²) in [5.74, 6) is 0.607. The van der Waals surface area contributed by atoms with Gasteiger partial charge in [-0.15, -0.1) is 0 Å². The monoisotopic (exact) mass is 765 g/mol. The summed E-state index contributed by atoms with van der Waals surface area (Å²) >= 11 is 0. The molecule has 0 aliphatic rings. The van der Waals surface area contributed by atoms with Gasteiger partial charge in [0.1, 0.15) is 5.52 Å². The molecule has 12 aromatic rings. The third-order valence-electron chi connectivity index (χ3n) is 11.8. The van der Waals surface area contributed by atoms with Crippen molar-refractivity contribution in [3.8, 4) is 33.8 Å². The van der Waals surface area contributed by atoms with Gasteiger partial charge in [0, 0.05) is 33.6 Å². The van der Waals surface area contributed by atoms with E-state index in [4.69, 9.17) is 14.4 Å². The average molecular weight is 766 g/mol. The Morgan fingerprint density at radius 1 is 0.317 bits per heavy atom. The highest BCUT2D eigenvalue weighted by molar-refractivity contribution is 6.10. The van der Waals surface area contributed by atoms with E-state index in [2.05, 4.69) is 193 Å². The van der Waals surface area contributed by atoms with Crippen LogP contribution in [0.25, 0.3) is 98.9 Å². The summed E-state index contributed by atoms with van der Waals surface area (Å²) in [6.07, 6.45) is 0. The van der Waals surface area contributed by atoms with Crippen molar-refractivity contribution in [3.05, 3.63) is 212 Å². The minimum Gasteiger partial charge on any atom is -0.436 e. The largest absolute Gasteiger partial charge is 0.436 e. The van der Waals surface area contributed by atoms with Gasteiger partial charge in [0.05, 0.1) is 11.2 Å². The van der Waals surface area contributed by atoms with Gasteiger partial charge in [-0.05, 0) is 139 Å². The number of hydrogen-bond acceptors (Lipinski definition) is 4. The molecule has 0 aliphatic carbocycles. The van der Waals surface area contributed by atoms with E-state index in [9.17, 15) is 0 Å². The van der Waals surface area contributed by atoms with Crippen LogP contribution in [0.1, 0.15) is 0 Å². The molecule has 10 aromatic carbocycles. The minimum absolute atomic E-state index is 0.607. The molecule has 12 rings (SSSR count). The predicted molar refractivity (Wildman–Crippen MR) is 250 cm³/mol. The Bertz CT molecular complexity index is 3570. The summed E-state index contributed by atoms with van der Waals surface area (Å²) in [5, 5.41) is 11.0. The Morgan fingerprint density at radius 2 is 0.867 bits per heavy atom. The summed E-state index contributed by atoms with van der Waals surface area (Å²) in [5.41, 5.74) is 11.1. The Balaban J connectivity index is 0.928. The van der Waals surface area contributed by atoms with Crippen molar-refractivity contribution in [3.63, 3.8) is 0 Å². The van der Waals surface area contributed by atoms with Crippen LogP contribution in [-0.2, 0) is 0 Å². The molecule has 0 atom stereocenters. The summed E-state index contributed by atoms with van der Waals surface area (Å²) < 4.78 is 6.13. The van der Waals surface area contributed by atoms with Gasteiger partial charge in [-0.25, -0.2) is 9.97 Å². The van der Waals surface area contributed by atoms with Crippen LogP contribution < -0.4 is 4.90 Å². The number of pyridine rings is 1. The van der Waals surface area contributed by atoms with Crippen LogP contribution in [0.15, 0.2) is 217 Å². The Hall–Kier alpha value is -8.08. The molecule has 60 heavy (non-hydrogen) atoms. The van der Waals surface area contributed by atoms with E-state index in [0.29, 0.717) is 5.89 Å². The molecule has 4 heteroatoms. The van der Waals surface area contributed by atoms with E-state index in [1.165, 1.54) is 54.2 Å². The molecule has 2 heterocycles. The molecule has 0 aliphatic heterocycles. The third-order valence-corrected chi connectivity index (χ3v) is 11.8. The quantitative estimate of drug-likeness (QED) is 0.158. The first-order valence-electron chi connectivity index (χ1n) is 20.3. The highest BCUT2D eigenvalue weighted by atomic mass is 16.3. The zero-order valence-electron chi connectivity index (χ0n) is 32.5. The number of para-hydroxylation sites is 2. The van der Waals surface area contributed by atoms with Gasteiger partial charge in [0.15, 0.2) is 5.58 Å². The van der Waals surface area contributed by atoms with Crippen molar-refractivity contribution in [2.45, 2.75) is 0 Å². The van der Waals surface area contributed by atoms with E-state index in [-0.39, 0.29) is 0 Å². The molecule has 0 amide bonds. The van der Waals surface area contributed by atoms with Gasteiger partial charge in [-0.2, -0.15) is 0 Å². The smallest absolute Gasteiger partial charge is 0.227 e. The Labute approximate surface area is 346 Å². The van der Waals surface area contributed by atoms with Gasteiger partial charge in [0.25, 0.3) is 0 Å². The zero-order chi connectivity index (χ0) is 39.6. The van der Waals surface area contributed by atoms with Crippen molar-refractivity contribution < 1.29 is 4.42 Å². The molecule has 0 N–H and O–H groups in total. The highest BCUT2D eigenvalue weighted by Gasteiger charge is 2.17. The molecular formula is C56H35N3O. The van der Waals surface area contributed by atoms with E-state index < -0.39 is 0 Å². The first kappa shape index (κ1) is 34.0. The highest BCUT2D eigenvalue weighted by Crippen LogP contribution is 2.40. The maximum Gasteiger partial charge on any atom is 0.227 e. The van der Waals surface area contributed by atoms with Crippen LogP contribution in [0.5, 0.6) is 0 Å². The Kier molecular flexibility index (Phi) is 7.82. The molecule has 0 unspecified atom stereocenters. The van der Waals surface area contributed by atoms with E-state index in [1.807, 2.05) is 24.3 Å². The third kappa shape index (κ3) is 5.85. The molecule has 0 spiro atoms. The number of fused-ring (bicyclic) bond motifs is 8. The number of oxazole rings is 1. The van der Waals surface area contributed by atoms with Gasteiger partial charge in [0.2, 0.25) is 5.89 Å². The molecule has 280 valence electrons. The zero-order valence-corrected chi connectivity index (χ0v) is 32.5. The lowest BCUT2D eigenvalue weighted by molar-refractivity contribution is 0.620. The normalized spacial score (nSPS) is 11.7. The molecule has 0 fully saturated rings. The van der Waals surface area contributed by atoms with Gasteiger partial charge in [-0.1, -0.05) is 127 Å². The number of benzene rings is 10. The van der Waals surface area contributed by atoms with Crippen LogP contribution >= 0.6 is 0 Å². The second-order valence-electron chi connectivity index (χ2n) is 15.4. The van der Waals surface area contributed by atoms with Gasteiger partial charge in [-0.3, -0.25) is 0 Å². The fraction of sp³-hybridized carbons (Fsp3) is 0. The molecule has 0 saturated carbocycles. The van der Waals surface area contributed by atoms with Crippen LogP contribution in [0.2, 0.25) is 0 Å². The second kappa shape index (κ2) is 13.8. The van der Waals surface area contributed by atoms with Crippen molar-refractivity contribution in [1.29, 1.82) is 0 Å². The first-order valence-corrected chi connectivity index (χ1v) is 20.3. The molecular weight excluding hydrogens is 731 g/mol. The standard InChI is InChI=1S/C56H35N3O/c1-2-9-40-33-41(14-13-36(40)7-1)42-21-28-49-43(34-42)15-16-44-35-47(27-29-50(44)49)59(46-25-19-39(20-26-46)56-58-54-11-5-6-12-55(54)60-56)45-23-17-38(18-24-45)52-32-30-51-48-10-4-3-8-37(48)22-31-53(51)57-52/h1-35H. The maximum absolute atomic E-state index is 6.13. The van der Waals surface area contributed by atoms with Crippen LogP contribution in [0.3, 0.4) is 0 Å². The number of nitrogens with zero attached hydrogens (tertiary/aromatic N) is 3. The van der Waals surface area contributed by atoms with E-state index >= 15 is 0 Å². The number of hydrogen-bond donors (Lipinski definition) is 0. The minimum atomic E-state index is 0.607. The van der Waals surface area contributed by atoms with E-state index in [0.717, 1.165) is 55.9 Å². The molecule has 0 saturated heterocycles. The van der Waals surface area contributed by atoms with Crippen molar-refractivity contribution in [2.75, 3.05) is 4.90 Å². The number of anilines is 3. The van der Waals surface area contributed by atoms with E-state index in [1.54, 1.807) is 0 Å². The molecule has 2 aromatic heterocycles. The lowest BCUT2D eigenvalue weighted by Gasteiger charge is -2.26. The maximum atomic E-state index is 6.13.